The van der Waals surface area contributed by atoms with Crippen molar-refractivity contribution in [1.82, 2.24) is 0 Å². The van der Waals surface area contributed by atoms with Gasteiger partial charge in [-0.1, -0.05) is 13.8 Å². The van der Waals surface area contributed by atoms with Gasteiger partial charge in [-0.05, 0) is 17.7 Å². The molecule has 0 saturated heterocycles. The molecule has 0 unspecified atom stereocenters. The Morgan fingerprint density at radius 1 is 1.32 bits per heavy atom. The number of hydrogen-bond donors (Lipinski definition) is 1. The third-order valence-electron chi connectivity index (χ3n) is 3.00. The van der Waals surface area contributed by atoms with Crippen LogP contribution >= 0.6 is 0 Å². The lowest BCUT2D eigenvalue weighted by Crippen LogP contribution is -2.21. The zero-order chi connectivity index (χ0) is 14.6. The average molecular weight is 263 g/mol. The SMILES string of the molecule is COc1cc(C(=O)O)c(C(C)(C)CC#N)cc1OC. The molecule has 1 aromatic carbocycles. The molecule has 0 aromatic heterocycles. The zero-order valence-corrected chi connectivity index (χ0v) is 11.5. The molecule has 102 valence electrons. The van der Waals surface area contributed by atoms with Gasteiger partial charge in [0, 0.05) is 11.8 Å². The predicted octanol–water partition coefficient (Wildman–Crippen LogP) is 2.59. The third kappa shape index (κ3) is 2.97. The second kappa shape index (κ2) is 5.61. The number of nitrogens with zero attached hydrogens (tertiary/aromatic N) is 1. The van der Waals surface area contributed by atoms with E-state index in [-0.39, 0.29) is 12.0 Å². The van der Waals surface area contributed by atoms with E-state index in [4.69, 9.17) is 14.7 Å². The highest BCUT2D eigenvalue weighted by atomic mass is 16.5. The second-order valence-corrected chi connectivity index (χ2v) is 4.78. The maximum absolute atomic E-state index is 11.4. The van der Waals surface area contributed by atoms with Crippen molar-refractivity contribution in [3.63, 3.8) is 0 Å². The van der Waals surface area contributed by atoms with Crippen molar-refractivity contribution in [1.29, 1.82) is 5.26 Å². The van der Waals surface area contributed by atoms with Crippen LogP contribution in [0.4, 0.5) is 0 Å². The number of ether oxygens (including phenoxy) is 2. The van der Waals surface area contributed by atoms with Gasteiger partial charge < -0.3 is 14.6 Å². The van der Waals surface area contributed by atoms with Crippen LogP contribution in [-0.2, 0) is 5.41 Å². The summed E-state index contributed by atoms with van der Waals surface area (Å²) < 4.78 is 10.3. The van der Waals surface area contributed by atoms with E-state index in [1.807, 2.05) is 13.8 Å². The quantitative estimate of drug-likeness (QED) is 0.883. The Hall–Kier alpha value is -2.22. The fourth-order valence-electron chi connectivity index (χ4n) is 1.91. The number of nitriles is 1. The van der Waals surface area contributed by atoms with Gasteiger partial charge in [0.1, 0.15) is 0 Å². The highest BCUT2D eigenvalue weighted by Crippen LogP contribution is 2.37. The van der Waals surface area contributed by atoms with Gasteiger partial charge in [0.2, 0.25) is 0 Å². The number of carbonyl (C=O) groups is 1. The lowest BCUT2D eigenvalue weighted by Gasteiger charge is -2.25. The summed E-state index contributed by atoms with van der Waals surface area (Å²) in [5, 5.41) is 18.2. The number of rotatable bonds is 5. The molecule has 0 aliphatic rings. The van der Waals surface area contributed by atoms with Crippen LogP contribution in [0.2, 0.25) is 0 Å². The first kappa shape index (κ1) is 14.8. The number of aromatic carboxylic acids is 1. The standard InChI is InChI=1S/C14H17NO4/c1-14(2,5-6-15)10-8-12(19-4)11(18-3)7-9(10)13(16)17/h7-8H,5H2,1-4H3,(H,16,17). The minimum absolute atomic E-state index is 0.123. The van der Waals surface area contributed by atoms with Crippen molar-refractivity contribution in [2.45, 2.75) is 25.7 Å². The summed E-state index contributed by atoms with van der Waals surface area (Å²) >= 11 is 0. The molecule has 0 aliphatic heterocycles. The zero-order valence-electron chi connectivity index (χ0n) is 11.5. The summed E-state index contributed by atoms with van der Waals surface area (Å²) in [4.78, 5) is 11.4. The molecule has 0 radical (unpaired) electrons. The van der Waals surface area contributed by atoms with Crippen molar-refractivity contribution in [2.24, 2.45) is 0 Å². The smallest absolute Gasteiger partial charge is 0.336 e. The highest BCUT2D eigenvalue weighted by molar-refractivity contribution is 5.91. The van der Waals surface area contributed by atoms with E-state index in [1.165, 1.54) is 20.3 Å². The molecule has 1 rings (SSSR count). The fourth-order valence-corrected chi connectivity index (χ4v) is 1.91. The van der Waals surface area contributed by atoms with Crippen LogP contribution in [0.3, 0.4) is 0 Å². The Labute approximate surface area is 112 Å². The Morgan fingerprint density at radius 2 is 1.84 bits per heavy atom. The monoisotopic (exact) mass is 263 g/mol. The van der Waals surface area contributed by atoms with Crippen LogP contribution in [0.5, 0.6) is 11.5 Å². The number of benzene rings is 1. The first-order chi connectivity index (χ1) is 8.87. The van der Waals surface area contributed by atoms with Crippen molar-refractivity contribution in [3.05, 3.63) is 23.3 Å². The molecule has 0 aliphatic carbocycles. The average Bonchev–Trinajstić information content (AvgIpc) is 2.36. The molecule has 0 spiro atoms. The van der Waals surface area contributed by atoms with Crippen molar-refractivity contribution >= 4 is 5.97 Å². The summed E-state index contributed by atoms with van der Waals surface area (Å²) in [6.45, 7) is 3.65. The van der Waals surface area contributed by atoms with Crippen LogP contribution in [0.15, 0.2) is 12.1 Å². The predicted molar refractivity (Wildman–Crippen MR) is 69.8 cm³/mol. The van der Waals surface area contributed by atoms with Crippen molar-refractivity contribution < 1.29 is 19.4 Å². The largest absolute Gasteiger partial charge is 0.493 e. The molecule has 0 heterocycles. The van der Waals surface area contributed by atoms with Crippen molar-refractivity contribution in [3.8, 4) is 17.6 Å². The molecule has 0 atom stereocenters. The van der Waals surface area contributed by atoms with Crippen LogP contribution in [-0.4, -0.2) is 25.3 Å². The topological polar surface area (TPSA) is 79.5 Å². The van der Waals surface area contributed by atoms with E-state index in [0.717, 1.165) is 0 Å². The van der Waals surface area contributed by atoms with Crippen LogP contribution in [0, 0.1) is 11.3 Å². The number of carboxylic acids is 1. The van der Waals surface area contributed by atoms with Crippen LogP contribution < -0.4 is 9.47 Å². The molecule has 1 aromatic rings. The summed E-state index contributed by atoms with van der Waals surface area (Å²) in [5.41, 5.74) is 0.0965. The Kier molecular flexibility index (Phi) is 4.38. The van der Waals surface area contributed by atoms with E-state index < -0.39 is 11.4 Å². The van der Waals surface area contributed by atoms with Gasteiger partial charge in [0.25, 0.3) is 0 Å². The van der Waals surface area contributed by atoms with E-state index in [0.29, 0.717) is 17.1 Å². The summed E-state index contributed by atoms with van der Waals surface area (Å²) in [7, 11) is 2.93. The molecule has 5 heteroatoms. The van der Waals surface area contributed by atoms with E-state index in [9.17, 15) is 9.90 Å². The molecule has 0 saturated carbocycles. The minimum atomic E-state index is -1.05. The summed E-state index contributed by atoms with van der Waals surface area (Å²) in [5.74, 6) is -0.244. The molecule has 0 bridgehead atoms. The number of methoxy groups -OCH3 is 2. The van der Waals surface area contributed by atoms with Gasteiger partial charge in [-0.25, -0.2) is 4.79 Å². The normalized spacial score (nSPS) is 10.7. The van der Waals surface area contributed by atoms with Gasteiger partial charge in [-0.2, -0.15) is 5.26 Å². The number of hydrogen-bond acceptors (Lipinski definition) is 4. The third-order valence-corrected chi connectivity index (χ3v) is 3.00. The molecule has 5 nitrogen and oxygen atoms in total. The maximum Gasteiger partial charge on any atom is 0.336 e. The molecular weight excluding hydrogens is 246 g/mol. The molecule has 0 fully saturated rings. The van der Waals surface area contributed by atoms with E-state index in [2.05, 4.69) is 6.07 Å². The summed E-state index contributed by atoms with van der Waals surface area (Å²) in [6.07, 6.45) is 0.211. The van der Waals surface area contributed by atoms with Gasteiger partial charge in [-0.15, -0.1) is 0 Å². The van der Waals surface area contributed by atoms with Gasteiger partial charge in [0.15, 0.2) is 11.5 Å². The molecular formula is C14H17NO4. The Bertz CT molecular complexity index is 529. The van der Waals surface area contributed by atoms with Gasteiger partial charge in [0.05, 0.1) is 25.9 Å². The molecule has 19 heavy (non-hydrogen) atoms. The maximum atomic E-state index is 11.4. The highest BCUT2D eigenvalue weighted by Gasteiger charge is 2.28. The Balaban J connectivity index is 3.53. The van der Waals surface area contributed by atoms with Crippen molar-refractivity contribution in [2.75, 3.05) is 14.2 Å². The van der Waals surface area contributed by atoms with Crippen LogP contribution in [0.1, 0.15) is 36.2 Å². The van der Waals surface area contributed by atoms with Gasteiger partial charge >= 0.3 is 5.97 Å². The molecule has 1 N–H and O–H groups in total. The number of carboxylic acid groups (broad SMARTS) is 1. The van der Waals surface area contributed by atoms with E-state index >= 15 is 0 Å². The van der Waals surface area contributed by atoms with Crippen LogP contribution in [0.25, 0.3) is 0 Å². The van der Waals surface area contributed by atoms with E-state index in [1.54, 1.807) is 6.07 Å². The first-order valence-electron chi connectivity index (χ1n) is 5.74. The van der Waals surface area contributed by atoms with Gasteiger partial charge in [-0.3, -0.25) is 0 Å². The molecule has 0 amide bonds. The minimum Gasteiger partial charge on any atom is -0.493 e. The first-order valence-corrected chi connectivity index (χ1v) is 5.74. The Morgan fingerprint density at radius 3 is 2.26 bits per heavy atom. The fraction of sp³-hybridized carbons (Fsp3) is 0.429. The second-order valence-electron chi connectivity index (χ2n) is 4.78. The lowest BCUT2D eigenvalue weighted by atomic mass is 9.79. The summed E-state index contributed by atoms with van der Waals surface area (Å²) in [6, 6.07) is 5.12. The lowest BCUT2D eigenvalue weighted by molar-refractivity contribution is 0.0693.